The van der Waals surface area contributed by atoms with Crippen LogP contribution >= 0.6 is 0 Å². The molecular weight excluding hydrogens is 250 g/mol. The van der Waals surface area contributed by atoms with Crippen LogP contribution in [0.1, 0.15) is 68.2 Å². The second-order valence-corrected chi connectivity index (χ2v) is 8.16. The minimum atomic E-state index is -0.400. The Labute approximate surface area is 125 Å². The van der Waals surface area contributed by atoms with Gasteiger partial charge >= 0.3 is 5.97 Å². The average Bonchev–Trinajstić information content (AvgIpc) is 2.25. The summed E-state index contributed by atoms with van der Waals surface area (Å²) in [5, 5.41) is 0. The smallest absolute Gasteiger partial charge is 0.312 e. The first-order valence-corrected chi connectivity index (χ1v) is 7.95. The molecule has 0 saturated carbocycles. The fraction of sp³-hybridized carbons (Fsp3) is 0.941. The van der Waals surface area contributed by atoms with Crippen LogP contribution in [0, 0.1) is 11.3 Å². The molecule has 0 aliphatic carbocycles. The Balaban J connectivity index is 2.86. The molecule has 118 valence electrons. The molecule has 2 unspecified atom stereocenters. The first-order valence-electron chi connectivity index (χ1n) is 7.95. The molecule has 0 spiro atoms. The fourth-order valence-corrected chi connectivity index (χ4v) is 3.07. The highest BCUT2D eigenvalue weighted by molar-refractivity contribution is 5.77. The molecule has 1 heterocycles. The molecule has 1 rings (SSSR count). The Hall–Kier alpha value is -0.570. The van der Waals surface area contributed by atoms with Crippen molar-refractivity contribution in [3.8, 4) is 0 Å². The van der Waals surface area contributed by atoms with Gasteiger partial charge in [-0.05, 0) is 66.8 Å². The van der Waals surface area contributed by atoms with E-state index in [0.717, 1.165) is 19.4 Å². The number of carbonyl (C=O) groups excluding carboxylic acids is 1. The number of rotatable bonds is 3. The summed E-state index contributed by atoms with van der Waals surface area (Å²) in [7, 11) is 0. The van der Waals surface area contributed by atoms with Crippen molar-refractivity contribution in [3.05, 3.63) is 0 Å². The second-order valence-electron chi connectivity index (χ2n) is 8.16. The van der Waals surface area contributed by atoms with Gasteiger partial charge in [0.15, 0.2) is 0 Å². The lowest BCUT2D eigenvalue weighted by atomic mass is 9.73. The van der Waals surface area contributed by atoms with Crippen molar-refractivity contribution in [3.63, 3.8) is 0 Å². The number of likely N-dealkylation sites (tertiary alicyclic amines) is 1. The van der Waals surface area contributed by atoms with Gasteiger partial charge in [-0.25, -0.2) is 0 Å². The van der Waals surface area contributed by atoms with E-state index in [1.165, 1.54) is 0 Å². The third kappa shape index (κ3) is 4.21. The summed E-state index contributed by atoms with van der Waals surface area (Å²) >= 11 is 0. The van der Waals surface area contributed by atoms with Gasteiger partial charge in [0, 0.05) is 12.1 Å². The Bertz CT molecular complexity index is 343. The molecule has 0 N–H and O–H groups in total. The molecule has 1 fully saturated rings. The molecule has 3 heteroatoms. The van der Waals surface area contributed by atoms with Crippen LogP contribution in [-0.2, 0) is 9.53 Å². The lowest BCUT2D eigenvalue weighted by molar-refractivity contribution is -0.172. The summed E-state index contributed by atoms with van der Waals surface area (Å²) in [5.41, 5.74) is -0.740. The van der Waals surface area contributed by atoms with Crippen LogP contribution in [0.5, 0.6) is 0 Å². The number of nitrogens with zero attached hydrogens (tertiary/aromatic N) is 1. The molecule has 1 aliphatic rings. The van der Waals surface area contributed by atoms with Crippen LogP contribution in [0.4, 0.5) is 0 Å². The molecule has 3 nitrogen and oxygen atoms in total. The highest BCUT2D eigenvalue weighted by atomic mass is 16.6. The van der Waals surface area contributed by atoms with Gasteiger partial charge in [0.25, 0.3) is 0 Å². The number of hydrogen-bond acceptors (Lipinski definition) is 3. The van der Waals surface area contributed by atoms with E-state index in [1.807, 2.05) is 20.8 Å². The van der Waals surface area contributed by atoms with E-state index in [9.17, 15) is 4.79 Å². The molecule has 20 heavy (non-hydrogen) atoms. The normalized spacial score (nSPS) is 29.0. The van der Waals surface area contributed by atoms with E-state index in [4.69, 9.17) is 4.74 Å². The van der Waals surface area contributed by atoms with Crippen molar-refractivity contribution in [2.24, 2.45) is 11.3 Å². The zero-order valence-corrected chi connectivity index (χ0v) is 14.6. The zero-order valence-electron chi connectivity index (χ0n) is 14.6. The van der Waals surface area contributed by atoms with Crippen LogP contribution in [-0.4, -0.2) is 35.1 Å². The lowest BCUT2D eigenvalue weighted by Crippen LogP contribution is -2.54. The predicted octanol–water partition coefficient (Wildman–Crippen LogP) is 3.86. The SMILES string of the molecule is CC(C)C1CC(C)(C(=O)OC(C)(C)C)CCN1C(C)C. The van der Waals surface area contributed by atoms with Crippen LogP contribution < -0.4 is 0 Å². The quantitative estimate of drug-likeness (QED) is 0.737. The van der Waals surface area contributed by atoms with Gasteiger partial charge in [0.05, 0.1) is 5.41 Å². The van der Waals surface area contributed by atoms with Gasteiger partial charge < -0.3 is 4.74 Å². The van der Waals surface area contributed by atoms with Crippen LogP contribution in [0.25, 0.3) is 0 Å². The largest absolute Gasteiger partial charge is 0.460 e. The third-order valence-corrected chi connectivity index (χ3v) is 4.33. The van der Waals surface area contributed by atoms with E-state index < -0.39 is 5.60 Å². The summed E-state index contributed by atoms with van der Waals surface area (Å²) in [4.78, 5) is 15.1. The first-order chi connectivity index (χ1) is 8.96. The van der Waals surface area contributed by atoms with Gasteiger partial charge in [0.2, 0.25) is 0 Å². The molecular formula is C17H33NO2. The highest BCUT2D eigenvalue weighted by Gasteiger charge is 2.45. The monoisotopic (exact) mass is 283 g/mol. The van der Waals surface area contributed by atoms with Crippen molar-refractivity contribution >= 4 is 5.97 Å². The summed E-state index contributed by atoms with van der Waals surface area (Å²) in [6.07, 6.45) is 1.79. The fourth-order valence-electron chi connectivity index (χ4n) is 3.07. The zero-order chi connectivity index (χ0) is 15.7. The Morgan fingerprint density at radius 2 is 1.80 bits per heavy atom. The molecule has 0 amide bonds. The number of ether oxygens (including phenoxy) is 1. The van der Waals surface area contributed by atoms with Crippen LogP contribution in [0.2, 0.25) is 0 Å². The van der Waals surface area contributed by atoms with Crippen molar-refractivity contribution in [2.75, 3.05) is 6.54 Å². The van der Waals surface area contributed by atoms with E-state index in [0.29, 0.717) is 18.0 Å². The Morgan fingerprint density at radius 3 is 2.20 bits per heavy atom. The maximum Gasteiger partial charge on any atom is 0.312 e. The molecule has 1 saturated heterocycles. The maximum absolute atomic E-state index is 12.5. The van der Waals surface area contributed by atoms with Crippen molar-refractivity contribution in [1.82, 2.24) is 4.90 Å². The molecule has 2 atom stereocenters. The summed E-state index contributed by atoms with van der Waals surface area (Å²) in [6, 6.07) is 0.992. The molecule has 0 aromatic rings. The molecule has 0 aromatic heterocycles. The predicted molar refractivity (Wildman–Crippen MR) is 83.7 cm³/mol. The van der Waals surface area contributed by atoms with Crippen LogP contribution in [0.3, 0.4) is 0 Å². The molecule has 1 aliphatic heterocycles. The number of esters is 1. The minimum Gasteiger partial charge on any atom is -0.460 e. The molecule has 0 aromatic carbocycles. The topological polar surface area (TPSA) is 29.5 Å². The van der Waals surface area contributed by atoms with Gasteiger partial charge in [-0.15, -0.1) is 0 Å². The van der Waals surface area contributed by atoms with E-state index in [1.54, 1.807) is 0 Å². The van der Waals surface area contributed by atoms with Crippen molar-refractivity contribution in [1.29, 1.82) is 0 Å². The first kappa shape index (κ1) is 17.5. The standard InChI is InChI=1S/C17H33NO2/c1-12(2)14-11-17(8,9-10-18(14)13(3)4)15(19)20-16(5,6)7/h12-14H,9-11H2,1-8H3. The summed E-state index contributed by atoms with van der Waals surface area (Å²) in [6.45, 7) is 17.9. The Kier molecular flexibility index (Phi) is 5.29. The summed E-state index contributed by atoms with van der Waals surface area (Å²) in [5.74, 6) is 0.526. The van der Waals surface area contributed by atoms with Gasteiger partial charge in [-0.1, -0.05) is 13.8 Å². The van der Waals surface area contributed by atoms with E-state index >= 15 is 0 Å². The third-order valence-electron chi connectivity index (χ3n) is 4.33. The van der Waals surface area contributed by atoms with Gasteiger partial charge in [-0.3, -0.25) is 9.69 Å². The molecule has 0 radical (unpaired) electrons. The van der Waals surface area contributed by atoms with E-state index in [-0.39, 0.29) is 11.4 Å². The second kappa shape index (κ2) is 6.05. The van der Waals surface area contributed by atoms with Crippen molar-refractivity contribution in [2.45, 2.75) is 85.9 Å². The minimum absolute atomic E-state index is 0.0287. The maximum atomic E-state index is 12.5. The molecule has 0 bridgehead atoms. The van der Waals surface area contributed by atoms with Crippen molar-refractivity contribution < 1.29 is 9.53 Å². The lowest BCUT2D eigenvalue weighted by Gasteiger charge is -2.47. The number of piperidine rings is 1. The average molecular weight is 283 g/mol. The Morgan fingerprint density at radius 1 is 1.25 bits per heavy atom. The van der Waals surface area contributed by atoms with Gasteiger partial charge in [-0.2, -0.15) is 0 Å². The van der Waals surface area contributed by atoms with Crippen LogP contribution in [0.15, 0.2) is 0 Å². The highest BCUT2D eigenvalue weighted by Crippen LogP contribution is 2.39. The number of carbonyl (C=O) groups is 1. The van der Waals surface area contributed by atoms with E-state index in [2.05, 4.69) is 39.5 Å². The summed E-state index contributed by atoms with van der Waals surface area (Å²) < 4.78 is 5.65. The van der Waals surface area contributed by atoms with Gasteiger partial charge in [0.1, 0.15) is 5.60 Å². The number of hydrogen-bond donors (Lipinski definition) is 0.